The van der Waals surface area contributed by atoms with Gasteiger partial charge in [0.05, 0.1) is 5.92 Å². The van der Waals surface area contributed by atoms with Gasteiger partial charge in [-0.2, -0.15) is 0 Å². The zero-order valence-electron chi connectivity index (χ0n) is 11.6. The third kappa shape index (κ3) is 4.66. The Morgan fingerprint density at radius 2 is 2.00 bits per heavy atom. The molecule has 17 heavy (non-hydrogen) atoms. The Morgan fingerprint density at radius 1 is 1.29 bits per heavy atom. The van der Waals surface area contributed by atoms with Gasteiger partial charge in [-0.1, -0.05) is 26.7 Å². The summed E-state index contributed by atoms with van der Waals surface area (Å²) in [5.74, 6) is 1.34. The van der Waals surface area contributed by atoms with Crippen LogP contribution in [0.4, 0.5) is 0 Å². The molecule has 3 nitrogen and oxygen atoms in total. The highest BCUT2D eigenvalue weighted by atomic mass is 16.7. The fraction of sp³-hybridized carbons (Fsp3) is 0.929. The Morgan fingerprint density at radius 3 is 2.59 bits per heavy atom. The van der Waals surface area contributed by atoms with Crippen molar-refractivity contribution in [1.29, 1.82) is 0 Å². The minimum Gasteiger partial charge on any atom is -0.436 e. The van der Waals surface area contributed by atoms with E-state index in [0.717, 1.165) is 19.3 Å². The molecule has 0 bridgehead atoms. The average molecular weight is 242 g/mol. The van der Waals surface area contributed by atoms with Crippen molar-refractivity contribution in [2.75, 3.05) is 6.61 Å². The lowest BCUT2D eigenvalue weighted by atomic mass is 9.76. The summed E-state index contributed by atoms with van der Waals surface area (Å²) in [6.07, 6.45) is 3.94. The van der Waals surface area contributed by atoms with E-state index in [1.54, 1.807) is 6.92 Å². The minimum absolute atomic E-state index is 0.0729. The molecule has 3 atom stereocenters. The molecule has 1 saturated carbocycles. The van der Waals surface area contributed by atoms with E-state index in [9.17, 15) is 4.79 Å². The van der Waals surface area contributed by atoms with E-state index in [0.29, 0.717) is 18.4 Å². The predicted molar refractivity (Wildman–Crippen MR) is 67.5 cm³/mol. The number of rotatable bonds is 5. The number of carbonyl (C=O) groups is 1. The fourth-order valence-electron chi connectivity index (χ4n) is 2.58. The Hall–Kier alpha value is -0.570. The zero-order valence-corrected chi connectivity index (χ0v) is 11.6. The van der Waals surface area contributed by atoms with Gasteiger partial charge in [0, 0.05) is 6.61 Å². The topological polar surface area (TPSA) is 35.5 Å². The van der Waals surface area contributed by atoms with Crippen LogP contribution < -0.4 is 0 Å². The first-order chi connectivity index (χ1) is 8.04. The van der Waals surface area contributed by atoms with Gasteiger partial charge in [-0.3, -0.25) is 4.79 Å². The van der Waals surface area contributed by atoms with Gasteiger partial charge in [0.15, 0.2) is 6.29 Å². The van der Waals surface area contributed by atoms with Crippen LogP contribution in [0.15, 0.2) is 0 Å². The molecule has 1 fully saturated rings. The van der Waals surface area contributed by atoms with Gasteiger partial charge in [0.2, 0.25) is 0 Å². The molecule has 0 amide bonds. The van der Waals surface area contributed by atoms with Gasteiger partial charge in [0.25, 0.3) is 0 Å². The van der Waals surface area contributed by atoms with Crippen molar-refractivity contribution in [3.63, 3.8) is 0 Å². The number of hydrogen-bond donors (Lipinski definition) is 0. The first-order valence-corrected chi connectivity index (χ1v) is 6.86. The van der Waals surface area contributed by atoms with Crippen LogP contribution in [0.1, 0.15) is 53.4 Å². The number of esters is 1. The summed E-state index contributed by atoms with van der Waals surface area (Å²) < 4.78 is 10.5. The highest BCUT2D eigenvalue weighted by molar-refractivity contribution is 5.72. The Kier molecular flexibility index (Phi) is 5.96. The number of hydrogen-bond acceptors (Lipinski definition) is 3. The molecule has 1 aliphatic rings. The molecule has 0 aliphatic heterocycles. The summed E-state index contributed by atoms with van der Waals surface area (Å²) in [6.45, 7) is 8.74. The highest BCUT2D eigenvalue weighted by Crippen LogP contribution is 2.34. The third-order valence-corrected chi connectivity index (χ3v) is 3.67. The lowest BCUT2D eigenvalue weighted by Gasteiger charge is -2.30. The van der Waals surface area contributed by atoms with Gasteiger partial charge < -0.3 is 9.47 Å². The van der Waals surface area contributed by atoms with Crippen LogP contribution in [0.2, 0.25) is 0 Å². The lowest BCUT2D eigenvalue weighted by Crippen LogP contribution is -2.29. The van der Waals surface area contributed by atoms with Crippen LogP contribution in [0.5, 0.6) is 0 Å². The molecule has 0 aromatic carbocycles. The van der Waals surface area contributed by atoms with E-state index < -0.39 is 6.29 Å². The monoisotopic (exact) mass is 242 g/mol. The van der Waals surface area contributed by atoms with Gasteiger partial charge >= 0.3 is 5.97 Å². The van der Waals surface area contributed by atoms with Gasteiger partial charge in [-0.05, 0) is 38.5 Å². The first kappa shape index (κ1) is 14.5. The second-order valence-corrected chi connectivity index (χ2v) is 5.33. The van der Waals surface area contributed by atoms with Crippen molar-refractivity contribution in [3.8, 4) is 0 Å². The van der Waals surface area contributed by atoms with E-state index >= 15 is 0 Å². The smallest absolute Gasteiger partial charge is 0.311 e. The van der Waals surface area contributed by atoms with Gasteiger partial charge in [-0.25, -0.2) is 0 Å². The van der Waals surface area contributed by atoms with Crippen LogP contribution in [0.25, 0.3) is 0 Å². The molecule has 1 aliphatic carbocycles. The van der Waals surface area contributed by atoms with Crippen LogP contribution in [-0.4, -0.2) is 18.9 Å². The second kappa shape index (κ2) is 7.00. The second-order valence-electron chi connectivity index (χ2n) is 5.33. The quantitative estimate of drug-likeness (QED) is 0.547. The molecule has 0 saturated heterocycles. The van der Waals surface area contributed by atoms with Crippen LogP contribution in [-0.2, 0) is 14.3 Å². The van der Waals surface area contributed by atoms with Crippen molar-refractivity contribution in [1.82, 2.24) is 0 Å². The molecule has 0 aromatic heterocycles. The molecule has 0 heterocycles. The standard InChI is InChI=1S/C14H26O3/c1-5-16-11(4)17-14(15)13-8-6-7-12(9-13)10(2)3/h10-13H,5-9H2,1-4H3. The Balaban J connectivity index is 2.40. The summed E-state index contributed by atoms with van der Waals surface area (Å²) in [5.41, 5.74) is 0. The highest BCUT2D eigenvalue weighted by Gasteiger charge is 2.30. The molecule has 100 valence electrons. The van der Waals surface area contributed by atoms with E-state index in [-0.39, 0.29) is 11.9 Å². The molecular weight excluding hydrogens is 216 g/mol. The Labute approximate surface area is 105 Å². The molecule has 1 rings (SSSR count). The normalized spacial score (nSPS) is 26.9. The van der Waals surface area contributed by atoms with Crippen molar-refractivity contribution in [3.05, 3.63) is 0 Å². The van der Waals surface area contributed by atoms with Gasteiger partial charge in [-0.15, -0.1) is 0 Å². The molecule has 0 aromatic rings. The molecule has 0 spiro atoms. The van der Waals surface area contributed by atoms with E-state index in [4.69, 9.17) is 9.47 Å². The van der Waals surface area contributed by atoms with E-state index in [2.05, 4.69) is 13.8 Å². The number of ether oxygens (including phenoxy) is 2. The van der Waals surface area contributed by atoms with Crippen molar-refractivity contribution >= 4 is 5.97 Å². The summed E-state index contributed by atoms with van der Waals surface area (Å²) in [4.78, 5) is 11.9. The van der Waals surface area contributed by atoms with Crippen LogP contribution in [0, 0.1) is 17.8 Å². The molecule has 3 heteroatoms. The molecule has 0 radical (unpaired) electrons. The third-order valence-electron chi connectivity index (χ3n) is 3.67. The van der Waals surface area contributed by atoms with Crippen molar-refractivity contribution < 1.29 is 14.3 Å². The van der Waals surface area contributed by atoms with Crippen LogP contribution >= 0.6 is 0 Å². The Bertz CT molecular complexity index is 238. The average Bonchev–Trinajstić information content (AvgIpc) is 2.29. The predicted octanol–water partition coefficient (Wildman–Crippen LogP) is 3.37. The maximum atomic E-state index is 11.9. The van der Waals surface area contributed by atoms with E-state index in [1.807, 2.05) is 6.92 Å². The fourth-order valence-corrected chi connectivity index (χ4v) is 2.58. The minimum atomic E-state index is -0.410. The van der Waals surface area contributed by atoms with Crippen molar-refractivity contribution in [2.45, 2.75) is 59.7 Å². The maximum Gasteiger partial charge on any atom is 0.311 e. The van der Waals surface area contributed by atoms with Crippen molar-refractivity contribution in [2.24, 2.45) is 17.8 Å². The summed E-state index contributed by atoms with van der Waals surface area (Å²) in [6, 6.07) is 0. The maximum absolute atomic E-state index is 11.9. The largest absolute Gasteiger partial charge is 0.436 e. The van der Waals surface area contributed by atoms with Gasteiger partial charge in [0.1, 0.15) is 0 Å². The first-order valence-electron chi connectivity index (χ1n) is 6.86. The van der Waals surface area contributed by atoms with E-state index in [1.165, 1.54) is 6.42 Å². The summed E-state index contributed by atoms with van der Waals surface area (Å²) >= 11 is 0. The SMILES string of the molecule is CCOC(C)OC(=O)C1CCCC(C(C)C)C1. The molecule has 0 N–H and O–H groups in total. The van der Waals surface area contributed by atoms with Crippen LogP contribution in [0.3, 0.4) is 0 Å². The zero-order chi connectivity index (χ0) is 12.8. The molecular formula is C14H26O3. The summed E-state index contributed by atoms with van der Waals surface area (Å²) in [7, 11) is 0. The lowest BCUT2D eigenvalue weighted by molar-refractivity contribution is -0.180. The molecule has 3 unspecified atom stereocenters. The number of carbonyl (C=O) groups excluding carboxylic acids is 1. The summed E-state index contributed by atoms with van der Waals surface area (Å²) in [5, 5.41) is 0.